The fourth-order valence-electron chi connectivity index (χ4n) is 11.0. The number of aliphatic hydroxyl groups excluding tert-OH is 4. The van der Waals surface area contributed by atoms with Crippen LogP contribution in [0.3, 0.4) is 0 Å². The second-order valence-electron chi connectivity index (χ2n) is 22.1. The Morgan fingerprint density at radius 1 is 0.865 bits per heavy atom. The lowest BCUT2D eigenvalue weighted by molar-refractivity contribution is -0.227. The molecular formula is C58H70ClFN10O19. The van der Waals surface area contributed by atoms with Gasteiger partial charge in [-0.05, 0) is 73.9 Å². The van der Waals surface area contributed by atoms with Crippen LogP contribution in [-0.2, 0) is 88.9 Å². The average Bonchev–Trinajstić information content (AvgIpc) is 1.74. The van der Waals surface area contributed by atoms with Crippen LogP contribution in [-0.4, -0.2) is 190 Å². The van der Waals surface area contributed by atoms with Crippen molar-refractivity contribution in [1.29, 1.82) is 0 Å². The Kier molecular flexibility index (Phi) is 21.4. The van der Waals surface area contributed by atoms with Gasteiger partial charge in [0.05, 0.1) is 75.0 Å². The van der Waals surface area contributed by atoms with Crippen molar-refractivity contribution in [2.75, 3.05) is 53.2 Å². The molecule has 3 aliphatic heterocycles. The van der Waals surface area contributed by atoms with Crippen molar-refractivity contribution in [2.45, 2.75) is 132 Å². The molecule has 0 bridgehead atoms. The third-order valence-corrected chi connectivity index (χ3v) is 16.5. The summed E-state index contributed by atoms with van der Waals surface area (Å²) in [6.07, 6.45) is -8.51. The lowest BCUT2D eigenvalue weighted by Crippen LogP contribution is -2.60. The molecule has 2 aromatic heterocycles. The number of alkyl halides is 1. The van der Waals surface area contributed by atoms with Gasteiger partial charge in [0, 0.05) is 40.9 Å². The molecule has 0 saturated carbocycles. The van der Waals surface area contributed by atoms with E-state index >= 15 is 4.39 Å². The molecule has 0 radical (unpaired) electrons. The molecule has 2 aromatic carbocycles. The number of carbonyl (C=O) groups excluding carboxylic acids is 9. The van der Waals surface area contributed by atoms with Gasteiger partial charge in [-0.2, -0.15) is 0 Å². The number of fused-ring (bicyclic) bond motifs is 5. The Bertz CT molecular complexity index is 3480. The Morgan fingerprint density at radius 2 is 1.54 bits per heavy atom. The third kappa shape index (κ3) is 14.9. The standard InChI is InChI=1S/C58H70ClFN10O19/c1-5-58(85)32-16-38-47-30(22-70(38)53(81)31(32)24-88-55(58)83)46-34(12-11-29-27(2)33(59)17-36(67-47)45(29)46)68-54(82)57(3,60)25-87-26-65-43(74)20-64-52(80)37(15-28-9-7-6-8-10-28)66-44(75)21-62-42(73)19-63-51(79)35(69-56(84)86-4)13-14-41(72)61-18-39-48(76)50(78)49(77)40(23-71)89-39/h6-10,16-17,34-35,37,39-40,48-50,71,76-78,85H,5,11-15,18-26H2,1-4H3,(H,61,72)(H,62,73)(H,63,79)(H,64,80)(H,65,74)(H,66,75)(H,68,82)(H,69,84)/t34-,35-,37-,39-,40+,48-,49+,50+,57?,58-/m0/s1. The monoisotopic (exact) mass is 1260 g/mol. The first-order valence-corrected chi connectivity index (χ1v) is 28.9. The number of rotatable bonds is 25. The van der Waals surface area contributed by atoms with E-state index in [9.17, 15) is 73.5 Å². The number of hydrogen-bond acceptors (Lipinski definition) is 20. The molecule has 10 atom stereocenters. The van der Waals surface area contributed by atoms with E-state index in [1.54, 1.807) is 49.4 Å². The summed E-state index contributed by atoms with van der Waals surface area (Å²) in [7, 11) is 1.02. The number of alkyl carbamates (subject to hydrolysis) is 1. The van der Waals surface area contributed by atoms with E-state index < -0.39 is 165 Å². The number of hydrogen-bond donors (Lipinski definition) is 13. The number of methoxy groups -OCH3 is 1. The van der Waals surface area contributed by atoms with Gasteiger partial charge in [0.25, 0.3) is 11.5 Å². The van der Waals surface area contributed by atoms with E-state index in [4.69, 9.17) is 30.8 Å². The molecule has 1 saturated heterocycles. The van der Waals surface area contributed by atoms with Gasteiger partial charge >= 0.3 is 12.1 Å². The Labute approximate surface area is 512 Å². The van der Waals surface area contributed by atoms with Crippen LogP contribution < -0.4 is 48.1 Å². The lowest BCUT2D eigenvalue weighted by Gasteiger charge is -2.40. The summed E-state index contributed by atoms with van der Waals surface area (Å²) in [5, 5.41) is 71.5. The number of nitrogens with zero attached hydrogens (tertiary/aromatic N) is 2. The molecular weight excluding hydrogens is 1200 g/mol. The predicted octanol–water partition coefficient (Wildman–Crippen LogP) is -2.50. The smallest absolute Gasteiger partial charge is 0.407 e. The SMILES string of the molecule is CC[C@@]1(O)C(=O)OCc2c1cc1n(c2=O)Cc2c-1nc1cc(Cl)c(C)c3c1c2[C@@H](NC(=O)C(C)(F)COCNC(=O)CNC(=O)[C@H](Cc1ccccc1)NC(=O)CNC(=O)CNC(=O)[C@H](CCC(=O)NC[C@@H]1O[C@H](CO)[C@@H](O)[C@H](O)[C@H]1O)NC(=O)OC)CC3. The molecule has 13 N–H and O–H groups in total. The molecule has 4 aromatic rings. The van der Waals surface area contributed by atoms with Gasteiger partial charge in [0.15, 0.2) is 5.60 Å². The molecule has 5 heterocycles. The molecule has 31 heteroatoms. The van der Waals surface area contributed by atoms with Crippen LogP contribution in [0.15, 0.2) is 47.3 Å². The number of pyridine rings is 2. The highest BCUT2D eigenvalue weighted by Crippen LogP contribution is 2.47. The van der Waals surface area contributed by atoms with Crippen LogP contribution in [0.25, 0.3) is 22.3 Å². The number of carbonyl (C=O) groups is 9. The summed E-state index contributed by atoms with van der Waals surface area (Å²) in [4.78, 5) is 136. The lowest BCUT2D eigenvalue weighted by atomic mass is 9.81. The van der Waals surface area contributed by atoms with Crippen LogP contribution in [0.5, 0.6) is 0 Å². The van der Waals surface area contributed by atoms with Crippen LogP contribution in [0.2, 0.25) is 5.02 Å². The van der Waals surface area contributed by atoms with Gasteiger partial charge in [-0.25, -0.2) is 19.0 Å². The van der Waals surface area contributed by atoms with E-state index in [0.29, 0.717) is 56.8 Å². The van der Waals surface area contributed by atoms with Crippen molar-refractivity contribution in [3.63, 3.8) is 0 Å². The number of amides is 8. The van der Waals surface area contributed by atoms with E-state index in [1.165, 1.54) is 4.57 Å². The van der Waals surface area contributed by atoms with E-state index in [-0.39, 0.29) is 50.1 Å². The number of aromatic nitrogens is 2. The molecule has 89 heavy (non-hydrogen) atoms. The first-order chi connectivity index (χ1) is 42.3. The summed E-state index contributed by atoms with van der Waals surface area (Å²) in [5.74, 6) is -6.91. The zero-order valence-corrected chi connectivity index (χ0v) is 49.6. The van der Waals surface area contributed by atoms with Crippen LogP contribution in [0.1, 0.15) is 84.5 Å². The maximum atomic E-state index is 16.4. The largest absolute Gasteiger partial charge is 0.458 e. The maximum Gasteiger partial charge on any atom is 0.407 e. The number of aryl methyl sites for hydroxylation is 1. The van der Waals surface area contributed by atoms with Crippen molar-refractivity contribution >= 4 is 75.9 Å². The summed E-state index contributed by atoms with van der Waals surface area (Å²) < 4.78 is 38.4. The fourth-order valence-corrected chi connectivity index (χ4v) is 11.2. The third-order valence-electron chi connectivity index (χ3n) is 16.1. The number of benzene rings is 2. The summed E-state index contributed by atoms with van der Waals surface area (Å²) in [6, 6.07) is 8.18. The Morgan fingerprint density at radius 3 is 2.22 bits per heavy atom. The molecule has 0 spiro atoms. The Balaban J connectivity index is 0.806. The quantitative estimate of drug-likeness (QED) is 0.0163. The minimum absolute atomic E-state index is 0.00766. The average molecular weight is 1270 g/mol. The van der Waals surface area contributed by atoms with Gasteiger partial charge in [0.1, 0.15) is 55.9 Å². The number of esters is 1. The van der Waals surface area contributed by atoms with Crippen LogP contribution in [0, 0.1) is 6.92 Å². The van der Waals surface area contributed by atoms with Crippen molar-refractivity contribution < 1.29 is 92.0 Å². The first kappa shape index (κ1) is 66.7. The van der Waals surface area contributed by atoms with Gasteiger partial charge in [-0.3, -0.25) is 38.4 Å². The molecule has 8 amide bonds. The number of cyclic esters (lactones) is 1. The summed E-state index contributed by atoms with van der Waals surface area (Å²) >= 11 is 6.70. The summed E-state index contributed by atoms with van der Waals surface area (Å²) in [5.41, 5.74) is -0.425. The molecule has 1 aliphatic carbocycles. The molecule has 480 valence electrons. The predicted molar refractivity (Wildman–Crippen MR) is 308 cm³/mol. The maximum absolute atomic E-state index is 16.4. The molecule has 1 fully saturated rings. The van der Waals surface area contributed by atoms with E-state index in [0.717, 1.165) is 25.2 Å². The van der Waals surface area contributed by atoms with E-state index in [1.807, 2.05) is 6.92 Å². The Hall–Kier alpha value is -8.23. The van der Waals surface area contributed by atoms with Crippen LogP contribution >= 0.6 is 11.6 Å². The van der Waals surface area contributed by atoms with Gasteiger partial charge in [0.2, 0.25) is 41.1 Å². The van der Waals surface area contributed by atoms with E-state index in [2.05, 4.69) is 47.3 Å². The minimum Gasteiger partial charge on any atom is -0.458 e. The molecule has 8 rings (SSSR count). The minimum atomic E-state index is -2.67. The van der Waals surface area contributed by atoms with Gasteiger partial charge < -0.3 is 91.6 Å². The zero-order chi connectivity index (χ0) is 64.6. The van der Waals surface area contributed by atoms with Gasteiger partial charge in [-0.15, -0.1) is 0 Å². The molecule has 4 aliphatic rings. The summed E-state index contributed by atoms with van der Waals surface area (Å²) in [6.45, 7) is -0.419. The normalized spacial score (nSPS) is 21.9. The second-order valence-corrected chi connectivity index (χ2v) is 22.5. The number of halogens is 2. The van der Waals surface area contributed by atoms with Crippen molar-refractivity contribution in [2.24, 2.45) is 0 Å². The van der Waals surface area contributed by atoms with Crippen molar-refractivity contribution in [3.8, 4) is 11.4 Å². The zero-order valence-electron chi connectivity index (χ0n) is 48.9. The topological polar surface area (TPSA) is 423 Å². The number of ether oxygens (including phenoxy) is 4. The fraction of sp³-hybridized carbons (Fsp3) is 0.500. The second kappa shape index (κ2) is 28.5. The molecule has 1 unspecified atom stereocenters. The highest BCUT2D eigenvalue weighted by atomic mass is 35.5. The number of nitrogens with one attached hydrogen (secondary N) is 8. The highest BCUT2D eigenvalue weighted by Gasteiger charge is 2.47. The van der Waals surface area contributed by atoms with Gasteiger partial charge in [-0.1, -0.05) is 48.9 Å². The van der Waals surface area contributed by atoms with Crippen molar-refractivity contribution in [3.05, 3.63) is 96.8 Å². The van der Waals surface area contributed by atoms with Crippen LogP contribution in [0.4, 0.5) is 9.18 Å². The van der Waals surface area contributed by atoms with Crippen molar-refractivity contribution in [1.82, 2.24) is 52.1 Å². The first-order valence-electron chi connectivity index (χ1n) is 28.5. The number of aliphatic hydroxyl groups is 5. The highest BCUT2D eigenvalue weighted by molar-refractivity contribution is 6.32. The molecule has 29 nitrogen and oxygen atoms in total.